The maximum absolute atomic E-state index is 11.7. The minimum atomic E-state index is -1.44. The monoisotopic (exact) mass is 274 g/mol. The number of carbonyl (C=O) groups excluding carboxylic acids is 1. The van der Waals surface area contributed by atoms with Crippen LogP contribution in [0.3, 0.4) is 0 Å². The van der Waals surface area contributed by atoms with Crippen molar-refractivity contribution in [3.05, 3.63) is 0 Å². The molecule has 4 N–H and O–H groups in total. The predicted molar refractivity (Wildman–Crippen MR) is 63.6 cm³/mol. The highest BCUT2D eigenvalue weighted by atomic mass is 16.4. The summed E-state index contributed by atoms with van der Waals surface area (Å²) in [6, 6.07) is -2.07. The van der Waals surface area contributed by atoms with Crippen molar-refractivity contribution in [1.29, 1.82) is 0 Å². The van der Waals surface area contributed by atoms with Gasteiger partial charge in [-0.15, -0.1) is 0 Å². The molecule has 0 saturated heterocycles. The van der Waals surface area contributed by atoms with Crippen LogP contribution in [0.25, 0.3) is 0 Å². The zero-order chi connectivity index (χ0) is 14.6. The fourth-order valence-electron chi connectivity index (χ4n) is 1.95. The van der Waals surface area contributed by atoms with Gasteiger partial charge in [-0.1, -0.05) is 0 Å². The number of carboxylic acids is 2. The van der Waals surface area contributed by atoms with E-state index in [0.717, 1.165) is 0 Å². The number of rotatable bonds is 6. The van der Waals surface area contributed by atoms with Crippen molar-refractivity contribution in [1.82, 2.24) is 10.2 Å². The summed E-state index contributed by atoms with van der Waals surface area (Å²) in [6.45, 7) is 0.405. The third-order valence-corrected chi connectivity index (χ3v) is 3.06. The Balaban J connectivity index is 2.42. The maximum Gasteiger partial charge on any atom is 0.326 e. The molecule has 1 saturated carbocycles. The zero-order valence-electron chi connectivity index (χ0n) is 10.6. The first kappa shape index (κ1) is 15.2. The van der Waals surface area contributed by atoms with E-state index in [1.54, 1.807) is 0 Å². The fraction of sp³-hybridized carbons (Fsp3) is 0.727. The lowest BCUT2D eigenvalue weighted by atomic mass is 9.82. The van der Waals surface area contributed by atoms with E-state index in [4.69, 9.17) is 15.3 Å². The minimum absolute atomic E-state index is 0.202. The smallest absolute Gasteiger partial charge is 0.326 e. The average molecular weight is 274 g/mol. The summed E-state index contributed by atoms with van der Waals surface area (Å²) < 4.78 is 0. The van der Waals surface area contributed by atoms with Crippen LogP contribution in [0.5, 0.6) is 0 Å². The minimum Gasteiger partial charge on any atom is -0.481 e. The fourth-order valence-corrected chi connectivity index (χ4v) is 1.95. The van der Waals surface area contributed by atoms with Crippen molar-refractivity contribution in [2.45, 2.75) is 31.4 Å². The van der Waals surface area contributed by atoms with Crippen LogP contribution in [0.2, 0.25) is 0 Å². The van der Waals surface area contributed by atoms with Crippen LogP contribution in [0.15, 0.2) is 0 Å². The molecule has 0 aromatic rings. The Labute approximate surface area is 110 Å². The van der Waals surface area contributed by atoms with Crippen molar-refractivity contribution in [3.63, 3.8) is 0 Å². The van der Waals surface area contributed by atoms with Gasteiger partial charge < -0.3 is 25.5 Å². The highest BCUT2D eigenvalue weighted by molar-refractivity contribution is 5.86. The zero-order valence-corrected chi connectivity index (χ0v) is 10.6. The standard InChI is InChI=1S/C11H18N2O6/c1-13(5-6-2-7(14)3-6)11(19)12-8(10(17)18)4-9(15)16/h6-8,14H,2-5H2,1H3,(H,12,19)(H,15,16)(H,17,18)/t6?,7?,8-/m0/s1. The van der Waals surface area contributed by atoms with Crippen LogP contribution in [-0.4, -0.2) is 63.9 Å². The van der Waals surface area contributed by atoms with E-state index in [9.17, 15) is 14.4 Å². The SMILES string of the molecule is CN(CC1CC(O)C1)C(=O)N[C@@H](CC(=O)O)C(=O)O. The molecule has 1 fully saturated rings. The molecule has 8 heteroatoms. The summed E-state index contributed by atoms with van der Waals surface area (Å²) in [6.07, 6.45) is 0.251. The lowest BCUT2D eigenvalue weighted by Gasteiger charge is -2.34. The number of carboxylic acid groups (broad SMARTS) is 2. The predicted octanol–water partition coefficient (Wildman–Crippen LogP) is -0.673. The van der Waals surface area contributed by atoms with Gasteiger partial charge in [0.25, 0.3) is 0 Å². The number of amides is 2. The van der Waals surface area contributed by atoms with Crippen LogP contribution in [-0.2, 0) is 9.59 Å². The number of nitrogens with zero attached hydrogens (tertiary/aromatic N) is 1. The summed E-state index contributed by atoms with van der Waals surface area (Å²) in [5.74, 6) is -2.48. The average Bonchev–Trinajstić information content (AvgIpc) is 2.24. The van der Waals surface area contributed by atoms with E-state index in [1.165, 1.54) is 11.9 Å². The summed E-state index contributed by atoms with van der Waals surface area (Å²) in [5.41, 5.74) is 0. The molecule has 0 aliphatic heterocycles. The van der Waals surface area contributed by atoms with E-state index in [0.29, 0.717) is 19.4 Å². The molecule has 2 amide bonds. The van der Waals surface area contributed by atoms with Crippen molar-refractivity contribution in [2.75, 3.05) is 13.6 Å². The second-order valence-electron chi connectivity index (χ2n) is 4.81. The molecule has 1 aliphatic carbocycles. The van der Waals surface area contributed by atoms with Crippen LogP contribution in [0, 0.1) is 5.92 Å². The van der Waals surface area contributed by atoms with Gasteiger partial charge in [-0.2, -0.15) is 0 Å². The summed E-state index contributed by atoms with van der Waals surface area (Å²) >= 11 is 0. The maximum atomic E-state index is 11.7. The molecule has 19 heavy (non-hydrogen) atoms. The topological polar surface area (TPSA) is 127 Å². The van der Waals surface area contributed by atoms with Crippen molar-refractivity contribution in [2.24, 2.45) is 5.92 Å². The van der Waals surface area contributed by atoms with E-state index in [2.05, 4.69) is 5.32 Å². The molecule has 108 valence electrons. The number of aliphatic carboxylic acids is 2. The first-order valence-corrected chi connectivity index (χ1v) is 5.94. The quantitative estimate of drug-likeness (QED) is 0.508. The third kappa shape index (κ3) is 4.74. The molecule has 0 heterocycles. The van der Waals surface area contributed by atoms with Gasteiger partial charge in [0.1, 0.15) is 6.04 Å². The van der Waals surface area contributed by atoms with Gasteiger partial charge in [-0.3, -0.25) is 4.79 Å². The second-order valence-corrected chi connectivity index (χ2v) is 4.81. The lowest BCUT2D eigenvalue weighted by Crippen LogP contribution is -2.49. The van der Waals surface area contributed by atoms with Crippen molar-refractivity contribution < 1.29 is 29.7 Å². The Morgan fingerprint density at radius 1 is 1.32 bits per heavy atom. The van der Waals surface area contributed by atoms with Crippen LogP contribution in [0.4, 0.5) is 4.79 Å². The molecular weight excluding hydrogens is 256 g/mol. The molecule has 0 spiro atoms. The molecule has 0 bridgehead atoms. The highest BCUT2D eigenvalue weighted by Gasteiger charge is 2.30. The Kier molecular flexibility index (Phi) is 5.11. The van der Waals surface area contributed by atoms with Gasteiger partial charge in [-0.05, 0) is 18.8 Å². The summed E-state index contributed by atoms with van der Waals surface area (Å²) in [5, 5.41) is 28.6. The molecule has 1 aliphatic rings. The number of hydrogen-bond acceptors (Lipinski definition) is 4. The van der Waals surface area contributed by atoms with E-state index in [1.807, 2.05) is 0 Å². The van der Waals surface area contributed by atoms with E-state index < -0.39 is 30.4 Å². The van der Waals surface area contributed by atoms with Crippen LogP contribution < -0.4 is 5.32 Å². The Morgan fingerprint density at radius 3 is 2.32 bits per heavy atom. The Hall–Kier alpha value is -1.83. The van der Waals surface area contributed by atoms with Gasteiger partial charge >= 0.3 is 18.0 Å². The molecule has 8 nitrogen and oxygen atoms in total. The van der Waals surface area contributed by atoms with Crippen LogP contribution in [0.1, 0.15) is 19.3 Å². The highest BCUT2D eigenvalue weighted by Crippen LogP contribution is 2.27. The van der Waals surface area contributed by atoms with Gasteiger partial charge in [-0.25, -0.2) is 9.59 Å². The third-order valence-electron chi connectivity index (χ3n) is 3.06. The van der Waals surface area contributed by atoms with E-state index in [-0.39, 0.29) is 12.0 Å². The number of aliphatic hydroxyl groups is 1. The number of aliphatic hydroxyl groups excluding tert-OH is 1. The molecule has 0 radical (unpaired) electrons. The first-order valence-electron chi connectivity index (χ1n) is 5.94. The lowest BCUT2D eigenvalue weighted by molar-refractivity contribution is -0.145. The molecular formula is C11H18N2O6. The number of urea groups is 1. The van der Waals surface area contributed by atoms with Gasteiger partial charge in [0.2, 0.25) is 0 Å². The van der Waals surface area contributed by atoms with Crippen molar-refractivity contribution >= 4 is 18.0 Å². The van der Waals surface area contributed by atoms with Gasteiger partial charge in [0.05, 0.1) is 12.5 Å². The molecule has 0 unspecified atom stereocenters. The Bertz CT molecular complexity index is 366. The normalized spacial score (nSPS) is 23.1. The molecule has 0 aromatic heterocycles. The van der Waals surface area contributed by atoms with E-state index >= 15 is 0 Å². The largest absolute Gasteiger partial charge is 0.481 e. The van der Waals surface area contributed by atoms with Crippen molar-refractivity contribution in [3.8, 4) is 0 Å². The first-order chi connectivity index (χ1) is 8.79. The summed E-state index contributed by atoms with van der Waals surface area (Å²) in [7, 11) is 1.50. The van der Waals surface area contributed by atoms with Gasteiger partial charge in [0.15, 0.2) is 0 Å². The second kappa shape index (κ2) is 6.37. The number of hydrogen-bond donors (Lipinski definition) is 4. The molecule has 0 aromatic carbocycles. The molecule has 1 atom stereocenters. The number of carbonyl (C=O) groups is 3. The molecule has 1 rings (SSSR count). The summed E-state index contributed by atoms with van der Waals surface area (Å²) in [4.78, 5) is 34.3. The number of nitrogens with one attached hydrogen (secondary N) is 1. The van der Waals surface area contributed by atoms with Gasteiger partial charge in [0, 0.05) is 13.6 Å². The Morgan fingerprint density at radius 2 is 1.89 bits per heavy atom. The van der Waals surface area contributed by atoms with Crippen LogP contribution >= 0.6 is 0 Å².